The van der Waals surface area contributed by atoms with Crippen molar-refractivity contribution in [3.05, 3.63) is 79.9 Å². The van der Waals surface area contributed by atoms with Crippen molar-refractivity contribution in [3.8, 4) is 0 Å². The minimum atomic E-state index is -0.0735. The summed E-state index contributed by atoms with van der Waals surface area (Å²) in [6.07, 6.45) is 0. The average molecular weight is 331 g/mol. The molecule has 0 aliphatic carbocycles. The number of rotatable bonds is 2. The second-order valence-corrected chi connectivity index (χ2v) is 6.80. The van der Waals surface area contributed by atoms with Crippen molar-refractivity contribution in [2.75, 3.05) is 0 Å². The fraction of sp³-hybridized carbons (Fsp3) is 0. The summed E-state index contributed by atoms with van der Waals surface area (Å²) < 4.78 is 2.98. The summed E-state index contributed by atoms with van der Waals surface area (Å²) in [5.74, 6) is 0. The number of hydrogen-bond acceptors (Lipinski definition) is 0. The lowest BCUT2D eigenvalue weighted by molar-refractivity contribution is -0.595. The molecule has 17 heavy (non-hydrogen) atoms. The van der Waals surface area contributed by atoms with Gasteiger partial charge in [0.25, 0.3) is 0 Å². The minimum Gasteiger partial charge on any atom is -0.0619 e. The summed E-state index contributed by atoms with van der Waals surface area (Å²) in [6.45, 7) is 0. The van der Waals surface area contributed by atoms with Crippen LogP contribution >= 0.6 is 0 Å². The molecular formula is C16H12I+. The molecule has 0 radical (unpaired) electrons. The second-order valence-electron chi connectivity index (χ2n) is 3.85. The van der Waals surface area contributed by atoms with Gasteiger partial charge in [-0.2, -0.15) is 0 Å². The van der Waals surface area contributed by atoms with Gasteiger partial charge in [-0.05, 0) is 29.7 Å². The molecule has 0 amide bonds. The molecule has 0 atom stereocenters. The molecule has 0 fully saturated rings. The Morgan fingerprint density at radius 2 is 1.29 bits per heavy atom. The van der Waals surface area contributed by atoms with Crippen LogP contribution in [0.25, 0.3) is 10.8 Å². The molecule has 0 spiro atoms. The van der Waals surface area contributed by atoms with Crippen molar-refractivity contribution in [3.63, 3.8) is 0 Å². The van der Waals surface area contributed by atoms with Crippen LogP contribution in [0.15, 0.2) is 72.8 Å². The molecule has 0 aromatic heterocycles. The van der Waals surface area contributed by atoms with Gasteiger partial charge in [0, 0.05) is 5.39 Å². The molecule has 0 saturated heterocycles. The molecule has 0 aliphatic rings. The van der Waals surface area contributed by atoms with Crippen molar-refractivity contribution in [2.24, 2.45) is 0 Å². The summed E-state index contributed by atoms with van der Waals surface area (Å²) in [7, 11) is 0. The fourth-order valence-corrected chi connectivity index (χ4v) is 4.48. The molecule has 0 bridgehead atoms. The van der Waals surface area contributed by atoms with Gasteiger partial charge in [-0.25, -0.2) is 0 Å². The lowest BCUT2D eigenvalue weighted by Crippen LogP contribution is -3.61. The molecule has 0 N–H and O–H groups in total. The number of halogens is 1. The topological polar surface area (TPSA) is 0 Å². The third-order valence-corrected chi connectivity index (χ3v) is 5.54. The Kier molecular flexibility index (Phi) is 3.10. The van der Waals surface area contributed by atoms with E-state index in [0.29, 0.717) is 0 Å². The monoisotopic (exact) mass is 331 g/mol. The second kappa shape index (κ2) is 4.88. The van der Waals surface area contributed by atoms with E-state index in [0.717, 1.165) is 0 Å². The highest BCUT2D eigenvalue weighted by Gasteiger charge is 2.17. The predicted molar refractivity (Wildman–Crippen MR) is 67.8 cm³/mol. The maximum absolute atomic E-state index is 2.27. The smallest absolute Gasteiger partial charge is 0.0619 e. The van der Waals surface area contributed by atoms with E-state index in [4.69, 9.17) is 0 Å². The predicted octanol–water partition coefficient (Wildman–Crippen LogP) is 0.968. The van der Waals surface area contributed by atoms with E-state index in [1.165, 1.54) is 17.9 Å². The Bertz CT molecular complexity index is 624. The summed E-state index contributed by atoms with van der Waals surface area (Å²) >= 11 is -0.0735. The first kappa shape index (κ1) is 10.8. The van der Waals surface area contributed by atoms with E-state index in [1.807, 2.05) is 0 Å². The molecule has 0 nitrogen and oxygen atoms in total. The fourth-order valence-electron chi connectivity index (χ4n) is 1.86. The zero-order valence-electron chi connectivity index (χ0n) is 9.31. The van der Waals surface area contributed by atoms with Crippen LogP contribution in [0.5, 0.6) is 0 Å². The van der Waals surface area contributed by atoms with Crippen LogP contribution in [-0.4, -0.2) is 0 Å². The number of fused-ring (bicyclic) bond motifs is 1. The highest BCUT2D eigenvalue weighted by atomic mass is 127. The Labute approximate surface area is 112 Å². The van der Waals surface area contributed by atoms with Gasteiger partial charge in [0.15, 0.2) is 3.57 Å². The van der Waals surface area contributed by atoms with E-state index in [9.17, 15) is 0 Å². The standard InChI is InChI=1S/C16H12I/c1-2-9-14(10-3-1)17-16-12-6-8-13-7-4-5-11-15(13)16/h1-12H/q+1. The van der Waals surface area contributed by atoms with E-state index >= 15 is 0 Å². The summed E-state index contributed by atoms with van der Waals surface area (Å²) in [4.78, 5) is 0. The largest absolute Gasteiger partial charge is 0.358 e. The lowest BCUT2D eigenvalue weighted by Gasteiger charge is -1.95. The summed E-state index contributed by atoms with van der Waals surface area (Å²) in [5, 5.41) is 2.76. The number of hydrogen-bond donors (Lipinski definition) is 0. The zero-order chi connectivity index (χ0) is 11.5. The molecular weight excluding hydrogens is 319 g/mol. The maximum Gasteiger partial charge on any atom is 0.358 e. The van der Waals surface area contributed by atoms with Crippen molar-refractivity contribution in [2.45, 2.75) is 0 Å². The Balaban J connectivity index is 2.06. The van der Waals surface area contributed by atoms with Crippen molar-refractivity contribution < 1.29 is 21.2 Å². The molecule has 0 aliphatic heterocycles. The molecule has 0 unspecified atom stereocenters. The van der Waals surface area contributed by atoms with E-state index in [2.05, 4.69) is 72.8 Å². The highest BCUT2D eigenvalue weighted by molar-refractivity contribution is 5.81. The van der Waals surface area contributed by atoms with Gasteiger partial charge in [-0.3, -0.25) is 0 Å². The van der Waals surface area contributed by atoms with Crippen LogP contribution in [0, 0.1) is 7.14 Å². The van der Waals surface area contributed by atoms with Crippen LogP contribution in [0.2, 0.25) is 0 Å². The molecule has 0 saturated carbocycles. The van der Waals surface area contributed by atoms with Gasteiger partial charge >= 0.3 is 21.2 Å². The van der Waals surface area contributed by atoms with Gasteiger partial charge in [-0.15, -0.1) is 0 Å². The van der Waals surface area contributed by atoms with Gasteiger partial charge < -0.3 is 0 Å². The zero-order valence-corrected chi connectivity index (χ0v) is 11.5. The molecule has 3 aromatic rings. The van der Waals surface area contributed by atoms with Gasteiger partial charge in [-0.1, -0.05) is 48.5 Å². The first-order valence-corrected chi connectivity index (χ1v) is 7.77. The minimum absolute atomic E-state index is 0.0735. The quantitative estimate of drug-likeness (QED) is 0.614. The SMILES string of the molecule is c1ccc([I+]c2cccc3ccccc23)cc1. The Morgan fingerprint density at radius 3 is 2.18 bits per heavy atom. The van der Waals surface area contributed by atoms with Crippen LogP contribution in [0.4, 0.5) is 0 Å². The van der Waals surface area contributed by atoms with Crippen LogP contribution in [0.1, 0.15) is 0 Å². The third-order valence-electron chi connectivity index (χ3n) is 2.68. The average Bonchev–Trinajstić information content (AvgIpc) is 2.40. The van der Waals surface area contributed by atoms with Crippen LogP contribution < -0.4 is 21.2 Å². The normalized spacial score (nSPS) is 10.6. The highest BCUT2D eigenvalue weighted by Crippen LogP contribution is 2.11. The first-order valence-electron chi connectivity index (χ1n) is 5.61. The molecule has 3 rings (SSSR count). The molecule has 82 valence electrons. The van der Waals surface area contributed by atoms with Gasteiger partial charge in [0.05, 0.1) is 0 Å². The van der Waals surface area contributed by atoms with E-state index in [-0.39, 0.29) is 21.2 Å². The van der Waals surface area contributed by atoms with E-state index in [1.54, 1.807) is 0 Å². The first-order chi connectivity index (χ1) is 8.43. The van der Waals surface area contributed by atoms with Crippen molar-refractivity contribution in [1.29, 1.82) is 0 Å². The molecule has 1 heteroatoms. The van der Waals surface area contributed by atoms with Crippen molar-refractivity contribution >= 4 is 10.8 Å². The van der Waals surface area contributed by atoms with Crippen LogP contribution in [-0.2, 0) is 0 Å². The lowest BCUT2D eigenvalue weighted by atomic mass is 10.1. The van der Waals surface area contributed by atoms with Gasteiger partial charge in [0.1, 0.15) is 0 Å². The Hall–Kier alpha value is -1.35. The Morgan fingerprint density at radius 1 is 0.588 bits per heavy atom. The van der Waals surface area contributed by atoms with Crippen molar-refractivity contribution in [1.82, 2.24) is 0 Å². The number of benzene rings is 3. The van der Waals surface area contributed by atoms with Crippen LogP contribution in [0.3, 0.4) is 0 Å². The van der Waals surface area contributed by atoms with E-state index < -0.39 is 0 Å². The third kappa shape index (κ3) is 2.34. The summed E-state index contributed by atoms with van der Waals surface area (Å²) in [6, 6.07) is 26.1. The summed E-state index contributed by atoms with van der Waals surface area (Å²) in [5.41, 5.74) is 0. The van der Waals surface area contributed by atoms with Gasteiger partial charge in [0.2, 0.25) is 3.57 Å². The molecule has 3 aromatic carbocycles. The maximum atomic E-state index is 2.27. The molecule has 0 heterocycles.